The quantitative estimate of drug-likeness (QED) is 0.508. The van der Waals surface area contributed by atoms with Crippen molar-refractivity contribution < 1.29 is 14.4 Å². The van der Waals surface area contributed by atoms with E-state index in [9.17, 15) is 10.1 Å². The van der Waals surface area contributed by atoms with Crippen LogP contribution in [0.1, 0.15) is 5.56 Å². The summed E-state index contributed by atoms with van der Waals surface area (Å²) in [6, 6.07) is 6.42. The third-order valence-electron chi connectivity index (χ3n) is 2.83. The van der Waals surface area contributed by atoms with Gasteiger partial charge >= 0.3 is 0 Å². The Bertz CT molecular complexity index is 748. The fourth-order valence-electron chi connectivity index (χ4n) is 1.76. The maximum atomic E-state index is 10.5. The molecule has 112 valence electrons. The highest BCUT2D eigenvalue weighted by molar-refractivity contribution is 9.10. The maximum absolute atomic E-state index is 10.5. The van der Waals surface area contributed by atoms with Crippen LogP contribution in [0.3, 0.4) is 0 Å². The van der Waals surface area contributed by atoms with Crippen LogP contribution in [0.25, 0.3) is 0 Å². The van der Waals surface area contributed by atoms with Crippen LogP contribution in [0.5, 0.6) is 11.5 Å². The molecule has 0 saturated heterocycles. The predicted octanol–water partition coefficient (Wildman–Crippen LogP) is 2.93. The van der Waals surface area contributed by atoms with Gasteiger partial charge in [-0.15, -0.1) is 0 Å². The van der Waals surface area contributed by atoms with Crippen LogP contribution in [0.15, 0.2) is 40.0 Å². The Morgan fingerprint density at radius 2 is 2.14 bits per heavy atom. The number of fused-ring (bicyclic) bond motifs is 1. The summed E-state index contributed by atoms with van der Waals surface area (Å²) in [6.07, 6.45) is 2.74. The van der Waals surface area contributed by atoms with E-state index in [1.807, 2.05) is 0 Å². The summed E-state index contributed by atoms with van der Waals surface area (Å²) >= 11 is 3.42. The maximum Gasteiger partial charge on any atom is 0.287 e. The van der Waals surface area contributed by atoms with Gasteiger partial charge in [-0.2, -0.15) is 5.10 Å². The van der Waals surface area contributed by atoms with Crippen LogP contribution in [0.4, 0.5) is 11.5 Å². The highest BCUT2D eigenvalue weighted by Gasteiger charge is 2.15. The number of ether oxygens (including phenoxy) is 2. The lowest BCUT2D eigenvalue weighted by atomic mass is 10.2. The first-order valence-electron chi connectivity index (χ1n) is 6.12. The lowest BCUT2D eigenvalue weighted by Gasteiger charge is -2.02. The minimum Gasteiger partial charge on any atom is -0.454 e. The molecule has 3 rings (SSSR count). The number of aromatic nitrogens is 1. The summed E-state index contributed by atoms with van der Waals surface area (Å²) in [6.45, 7) is 0.202. The number of anilines is 1. The molecule has 0 spiro atoms. The number of pyridine rings is 1. The summed E-state index contributed by atoms with van der Waals surface area (Å²) in [5.41, 5.74) is 3.41. The molecule has 2 heterocycles. The van der Waals surface area contributed by atoms with Crippen LogP contribution in [-0.4, -0.2) is 22.9 Å². The van der Waals surface area contributed by atoms with Gasteiger partial charge in [-0.25, -0.2) is 4.98 Å². The Labute approximate surface area is 133 Å². The number of hydrogen-bond acceptors (Lipinski definition) is 7. The van der Waals surface area contributed by atoms with Crippen molar-refractivity contribution in [3.8, 4) is 11.5 Å². The molecule has 0 aliphatic carbocycles. The third-order valence-corrected chi connectivity index (χ3v) is 3.52. The standard InChI is InChI=1S/C13H9BrN4O4/c14-10-4-12-11(21-7-22-12)3-8(10)5-16-17-13-2-1-9(6-15-13)18(19)20/h1-6H,7H2,(H,15,17). The van der Waals surface area contributed by atoms with Gasteiger partial charge in [-0.3, -0.25) is 15.5 Å². The number of halogens is 1. The second-order valence-corrected chi connectivity index (χ2v) is 5.11. The number of hydrogen-bond donors (Lipinski definition) is 1. The van der Waals surface area contributed by atoms with E-state index in [0.717, 1.165) is 16.2 Å². The third kappa shape index (κ3) is 2.98. The van der Waals surface area contributed by atoms with E-state index < -0.39 is 4.92 Å². The monoisotopic (exact) mass is 364 g/mol. The van der Waals surface area contributed by atoms with Crippen LogP contribution >= 0.6 is 15.9 Å². The zero-order valence-electron chi connectivity index (χ0n) is 11.0. The Kier molecular flexibility index (Phi) is 3.88. The fourth-order valence-corrected chi connectivity index (χ4v) is 2.18. The topological polar surface area (TPSA) is 98.9 Å². The molecular formula is C13H9BrN4O4. The molecule has 0 unspecified atom stereocenters. The normalized spacial score (nSPS) is 12.6. The van der Waals surface area contributed by atoms with E-state index in [1.54, 1.807) is 18.3 Å². The van der Waals surface area contributed by atoms with Gasteiger partial charge in [0.2, 0.25) is 6.79 Å². The second kappa shape index (κ2) is 5.98. The average Bonchev–Trinajstić information content (AvgIpc) is 2.95. The van der Waals surface area contributed by atoms with Gasteiger partial charge in [-0.05, 0) is 34.1 Å². The van der Waals surface area contributed by atoms with Crippen LogP contribution < -0.4 is 14.9 Å². The molecule has 1 aromatic heterocycles. The number of hydrazone groups is 1. The van der Waals surface area contributed by atoms with Crippen molar-refractivity contribution in [3.05, 3.63) is 50.6 Å². The minimum atomic E-state index is -0.510. The summed E-state index contributed by atoms with van der Waals surface area (Å²) in [7, 11) is 0. The number of nitro groups is 1. The zero-order valence-corrected chi connectivity index (χ0v) is 12.6. The SMILES string of the molecule is O=[N+]([O-])c1ccc(NN=Cc2cc3c(cc2Br)OCO3)nc1. The fraction of sp³-hybridized carbons (Fsp3) is 0.0769. The van der Waals surface area contributed by atoms with Crippen molar-refractivity contribution in [2.24, 2.45) is 5.10 Å². The van der Waals surface area contributed by atoms with E-state index >= 15 is 0 Å². The Balaban J connectivity index is 1.71. The Hall–Kier alpha value is -2.68. The molecule has 0 fully saturated rings. The Morgan fingerprint density at radius 3 is 2.82 bits per heavy atom. The van der Waals surface area contributed by atoms with Crippen molar-refractivity contribution in [2.45, 2.75) is 0 Å². The molecule has 1 N–H and O–H groups in total. The second-order valence-electron chi connectivity index (χ2n) is 4.26. The van der Waals surface area contributed by atoms with Crippen LogP contribution in [0, 0.1) is 10.1 Å². The van der Waals surface area contributed by atoms with Crippen molar-refractivity contribution in [1.82, 2.24) is 4.98 Å². The highest BCUT2D eigenvalue weighted by Crippen LogP contribution is 2.36. The van der Waals surface area contributed by atoms with E-state index in [-0.39, 0.29) is 12.5 Å². The molecule has 2 aromatic rings. The van der Waals surface area contributed by atoms with Gasteiger partial charge in [0, 0.05) is 16.1 Å². The van der Waals surface area contributed by atoms with E-state index in [4.69, 9.17) is 9.47 Å². The number of rotatable bonds is 4. The zero-order chi connectivity index (χ0) is 15.5. The molecule has 0 bridgehead atoms. The molecule has 1 aliphatic rings. The molecule has 8 nitrogen and oxygen atoms in total. The molecule has 9 heteroatoms. The number of benzene rings is 1. The first-order valence-corrected chi connectivity index (χ1v) is 6.91. The van der Waals surface area contributed by atoms with E-state index in [1.165, 1.54) is 12.1 Å². The van der Waals surface area contributed by atoms with Crippen molar-refractivity contribution in [3.63, 3.8) is 0 Å². The smallest absolute Gasteiger partial charge is 0.287 e. The lowest BCUT2D eigenvalue weighted by Crippen LogP contribution is -1.95. The van der Waals surface area contributed by atoms with Gasteiger partial charge in [0.15, 0.2) is 11.5 Å². The van der Waals surface area contributed by atoms with Gasteiger partial charge in [-0.1, -0.05) is 0 Å². The number of nitrogens with zero attached hydrogens (tertiary/aromatic N) is 3. The summed E-state index contributed by atoms with van der Waals surface area (Å²) in [5, 5.41) is 14.6. The summed E-state index contributed by atoms with van der Waals surface area (Å²) < 4.78 is 11.4. The van der Waals surface area contributed by atoms with Crippen molar-refractivity contribution >= 4 is 33.6 Å². The molecular weight excluding hydrogens is 356 g/mol. The first-order chi connectivity index (χ1) is 10.6. The molecule has 0 atom stereocenters. The summed E-state index contributed by atoms with van der Waals surface area (Å²) in [5.74, 6) is 1.73. The highest BCUT2D eigenvalue weighted by atomic mass is 79.9. The van der Waals surface area contributed by atoms with Crippen LogP contribution in [0.2, 0.25) is 0 Å². The van der Waals surface area contributed by atoms with E-state index in [0.29, 0.717) is 17.3 Å². The van der Waals surface area contributed by atoms with Crippen LogP contribution in [-0.2, 0) is 0 Å². The predicted molar refractivity (Wildman–Crippen MR) is 82.4 cm³/mol. The van der Waals surface area contributed by atoms with E-state index in [2.05, 4.69) is 31.4 Å². The largest absolute Gasteiger partial charge is 0.454 e. The van der Waals surface area contributed by atoms with Gasteiger partial charge in [0.05, 0.1) is 11.1 Å². The number of nitrogens with one attached hydrogen (secondary N) is 1. The molecule has 22 heavy (non-hydrogen) atoms. The Morgan fingerprint density at radius 1 is 1.36 bits per heavy atom. The minimum absolute atomic E-state index is 0.0759. The lowest BCUT2D eigenvalue weighted by molar-refractivity contribution is -0.385. The average molecular weight is 365 g/mol. The van der Waals surface area contributed by atoms with Crippen molar-refractivity contribution in [2.75, 3.05) is 12.2 Å². The van der Waals surface area contributed by atoms with Crippen molar-refractivity contribution in [1.29, 1.82) is 0 Å². The van der Waals surface area contributed by atoms with Gasteiger partial charge in [0.25, 0.3) is 5.69 Å². The summed E-state index contributed by atoms with van der Waals surface area (Å²) in [4.78, 5) is 13.9. The van der Waals surface area contributed by atoms with Gasteiger partial charge in [0.1, 0.15) is 12.0 Å². The molecule has 0 amide bonds. The molecule has 1 aromatic carbocycles. The first kappa shape index (κ1) is 14.3. The molecule has 1 aliphatic heterocycles. The molecule has 0 radical (unpaired) electrons. The van der Waals surface area contributed by atoms with Gasteiger partial charge < -0.3 is 9.47 Å². The molecule has 0 saturated carbocycles.